The number of aromatic nitrogens is 3. The van der Waals surface area contributed by atoms with Gasteiger partial charge in [0.15, 0.2) is 0 Å². The molecule has 2 heterocycles. The number of aliphatic hydroxyl groups excluding tert-OH is 1. The molecule has 1 aromatic heterocycles. The van der Waals surface area contributed by atoms with E-state index < -0.39 is 6.10 Å². The van der Waals surface area contributed by atoms with Crippen LogP contribution in [0.5, 0.6) is 5.75 Å². The Kier molecular flexibility index (Phi) is 5.65. The fourth-order valence-electron chi connectivity index (χ4n) is 3.23. The molecule has 136 valence electrons. The lowest BCUT2D eigenvalue weighted by Gasteiger charge is -2.32. The Balaban J connectivity index is 1.51. The number of likely N-dealkylation sites (tertiary alicyclic amines) is 1. The number of aliphatic hydroxyl groups is 1. The van der Waals surface area contributed by atoms with Crippen LogP contribution in [0.1, 0.15) is 37.1 Å². The summed E-state index contributed by atoms with van der Waals surface area (Å²) in [5.41, 5.74) is 1.28. The van der Waals surface area contributed by atoms with E-state index in [0.29, 0.717) is 29.5 Å². The number of rotatable bonds is 6. The van der Waals surface area contributed by atoms with Gasteiger partial charge in [0.05, 0.1) is 19.4 Å². The number of hydrogen-bond acceptors (Lipinski definition) is 5. The van der Waals surface area contributed by atoms with Crippen molar-refractivity contribution in [3.05, 3.63) is 41.5 Å². The van der Waals surface area contributed by atoms with E-state index >= 15 is 0 Å². The van der Waals surface area contributed by atoms with Crippen molar-refractivity contribution < 1.29 is 14.2 Å². The van der Waals surface area contributed by atoms with Gasteiger partial charge in [-0.15, -0.1) is 5.10 Å². The fourth-order valence-corrected chi connectivity index (χ4v) is 3.23. The van der Waals surface area contributed by atoms with Crippen LogP contribution in [-0.4, -0.2) is 45.2 Å². The maximum absolute atomic E-state index is 14.0. The second-order valence-electron chi connectivity index (χ2n) is 6.72. The van der Waals surface area contributed by atoms with E-state index in [1.165, 1.54) is 6.07 Å². The van der Waals surface area contributed by atoms with Gasteiger partial charge in [0, 0.05) is 18.7 Å². The monoisotopic (exact) mass is 348 g/mol. The van der Waals surface area contributed by atoms with Gasteiger partial charge in [-0.1, -0.05) is 5.21 Å². The summed E-state index contributed by atoms with van der Waals surface area (Å²) in [5, 5.41) is 17.6. The highest BCUT2D eigenvalue weighted by atomic mass is 19.1. The number of methoxy groups -OCH3 is 1. The van der Waals surface area contributed by atoms with Gasteiger partial charge >= 0.3 is 0 Å². The minimum atomic E-state index is -0.589. The Morgan fingerprint density at radius 1 is 1.36 bits per heavy atom. The van der Waals surface area contributed by atoms with E-state index in [4.69, 9.17) is 4.74 Å². The number of halogens is 1. The largest absolute Gasteiger partial charge is 0.497 e. The lowest BCUT2D eigenvalue weighted by Crippen LogP contribution is -2.34. The molecule has 1 aromatic carbocycles. The lowest BCUT2D eigenvalue weighted by molar-refractivity contribution is 0.162. The minimum absolute atomic E-state index is 0.184. The number of hydrogen-bond donors (Lipinski definition) is 1. The molecule has 0 radical (unpaired) electrons. The zero-order chi connectivity index (χ0) is 17.8. The number of benzene rings is 1. The molecule has 7 heteroatoms. The first-order valence-electron chi connectivity index (χ1n) is 8.68. The Morgan fingerprint density at radius 2 is 2.12 bits per heavy atom. The predicted molar refractivity (Wildman–Crippen MR) is 91.6 cm³/mol. The van der Waals surface area contributed by atoms with Crippen LogP contribution in [0.2, 0.25) is 0 Å². The van der Waals surface area contributed by atoms with Gasteiger partial charge in [0.25, 0.3) is 0 Å². The van der Waals surface area contributed by atoms with Gasteiger partial charge in [-0.25, -0.2) is 4.39 Å². The molecule has 0 spiro atoms. The maximum atomic E-state index is 14.0. The molecule has 0 saturated carbocycles. The van der Waals surface area contributed by atoms with E-state index in [-0.39, 0.29) is 5.82 Å². The molecule has 0 aliphatic carbocycles. The van der Waals surface area contributed by atoms with Gasteiger partial charge in [-0.3, -0.25) is 9.58 Å². The van der Waals surface area contributed by atoms with Gasteiger partial charge in [0.2, 0.25) is 0 Å². The van der Waals surface area contributed by atoms with Crippen LogP contribution in [0.4, 0.5) is 4.39 Å². The normalized spacial score (nSPS) is 17.6. The number of ether oxygens (including phenoxy) is 1. The van der Waals surface area contributed by atoms with Crippen molar-refractivity contribution in [2.24, 2.45) is 5.92 Å². The molecule has 1 aliphatic heterocycles. The third kappa shape index (κ3) is 4.55. The first-order chi connectivity index (χ1) is 12.0. The molecule has 1 unspecified atom stereocenters. The summed E-state index contributed by atoms with van der Waals surface area (Å²) < 4.78 is 21.0. The molecule has 1 N–H and O–H groups in total. The molecule has 6 nitrogen and oxygen atoms in total. The highest BCUT2D eigenvalue weighted by Gasteiger charge is 2.21. The Bertz CT molecular complexity index is 696. The van der Waals surface area contributed by atoms with E-state index in [0.717, 1.165) is 32.5 Å². The molecule has 1 fully saturated rings. The molecular weight excluding hydrogens is 323 g/mol. The maximum Gasteiger partial charge on any atom is 0.127 e. The Labute approximate surface area is 147 Å². The second kappa shape index (κ2) is 7.93. The zero-order valence-electron chi connectivity index (χ0n) is 14.7. The van der Waals surface area contributed by atoms with Crippen molar-refractivity contribution in [2.75, 3.05) is 20.2 Å². The van der Waals surface area contributed by atoms with Crippen molar-refractivity contribution in [2.45, 2.75) is 39.0 Å². The molecule has 1 saturated heterocycles. The van der Waals surface area contributed by atoms with E-state index in [1.54, 1.807) is 26.2 Å². The van der Waals surface area contributed by atoms with Crippen molar-refractivity contribution in [3.63, 3.8) is 0 Å². The third-order valence-electron chi connectivity index (χ3n) is 4.78. The van der Waals surface area contributed by atoms with E-state index in [2.05, 4.69) is 15.2 Å². The summed E-state index contributed by atoms with van der Waals surface area (Å²) >= 11 is 0. The van der Waals surface area contributed by atoms with Gasteiger partial charge in [-0.05, 0) is 57.0 Å². The van der Waals surface area contributed by atoms with Crippen molar-refractivity contribution in [1.82, 2.24) is 19.9 Å². The first-order valence-corrected chi connectivity index (χ1v) is 8.68. The van der Waals surface area contributed by atoms with Crippen LogP contribution in [0, 0.1) is 11.7 Å². The quantitative estimate of drug-likeness (QED) is 0.868. The van der Waals surface area contributed by atoms with Crippen LogP contribution in [0.3, 0.4) is 0 Å². The zero-order valence-corrected chi connectivity index (χ0v) is 14.7. The summed E-state index contributed by atoms with van der Waals surface area (Å²) in [5.74, 6) is 1.03. The fraction of sp³-hybridized carbons (Fsp3) is 0.556. The SMILES string of the molecule is COc1ccc(F)c(CN2CCC(Cn3cc(C(C)O)nn3)CC2)c1. The molecule has 0 amide bonds. The highest BCUT2D eigenvalue weighted by molar-refractivity contribution is 5.29. The van der Waals surface area contributed by atoms with Crippen molar-refractivity contribution in [3.8, 4) is 5.75 Å². The Hall–Kier alpha value is -1.99. The Morgan fingerprint density at radius 3 is 2.76 bits per heavy atom. The topological polar surface area (TPSA) is 63.4 Å². The van der Waals surface area contributed by atoms with Gasteiger partial charge in [0.1, 0.15) is 17.3 Å². The average molecular weight is 348 g/mol. The molecular formula is C18H25FN4O2. The van der Waals surface area contributed by atoms with Crippen LogP contribution < -0.4 is 4.74 Å². The van der Waals surface area contributed by atoms with Gasteiger partial charge in [-0.2, -0.15) is 0 Å². The predicted octanol–water partition coefficient (Wildman–Crippen LogP) is 2.39. The van der Waals surface area contributed by atoms with E-state index in [9.17, 15) is 9.50 Å². The summed E-state index contributed by atoms with van der Waals surface area (Å²) in [7, 11) is 1.59. The van der Waals surface area contributed by atoms with Crippen LogP contribution in [-0.2, 0) is 13.1 Å². The summed E-state index contributed by atoms with van der Waals surface area (Å²) in [6.07, 6.45) is 3.29. The van der Waals surface area contributed by atoms with Gasteiger partial charge < -0.3 is 9.84 Å². The highest BCUT2D eigenvalue weighted by Crippen LogP contribution is 2.23. The minimum Gasteiger partial charge on any atom is -0.497 e. The lowest BCUT2D eigenvalue weighted by atomic mass is 9.96. The smallest absolute Gasteiger partial charge is 0.127 e. The second-order valence-corrected chi connectivity index (χ2v) is 6.72. The van der Waals surface area contributed by atoms with Crippen LogP contribution >= 0.6 is 0 Å². The number of nitrogens with zero attached hydrogens (tertiary/aromatic N) is 4. The van der Waals surface area contributed by atoms with Crippen LogP contribution in [0.15, 0.2) is 24.4 Å². The summed E-state index contributed by atoms with van der Waals surface area (Å²) in [4.78, 5) is 2.27. The third-order valence-corrected chi connectivity index (χ3v) is 4.78. The molecule has 2 aromatic rings. The standard InChI is InChI=1S/C18H25FN4O2/c1-13(24)18-12-23(21-20-18)10-14-5-7-22(8-6-14)11-15-9-16(25-2)3-4-17(15)19/h3-4,9,12-14,24H,5-8,10-11H2,1-2H3. The molecule has 25 heavy (non-hydrogen) atoms. The first kappa shape index (κ1) is 17.8. The van der Waals surface area contributed by atoms with E-state index in [1.807, 2.05) is 10.9 Å². The number of piperidine rings is 1. The molecule has 1 aliphatic rings. The summed E-state index contributed by atoms with van der Waals surface area (Å²) in [6.45, 7) is 4.95. The molecule has 0 bridgehead atoms. The van der Waals surface area contributed by atoms with Crippen LogP contribution in [0.25, 0.3) is 0 Å². The summed E-state index contributed by atoms with van der Waals surface area (Å²) in [6, 6.07) is 4.88. The molecule has 1 atom stereocenters. The average Bonchev–Trinajstić information content (AvgIpc) is 3.07. The van der Waals surface area contributed by atoms with Crippen molar-refractivity contribution in [1.29, 1.82) is 0 Å². The van der Waals surface area contributed by atoms with Crippen molar-refractivity contribution >= 4 is 0 Å². The molecule has 3 rings (SSSR count).